The Labute approximate surface area is 108 Å². The third-order valence-corrected chi connectivity index (χ3v) is 4.03. The molecule has 2 aromatic rings. The summed E-state index contributed by atoms with van der Waals surface area (Å²) < 4.78 is 59.0. The highest BCUT2D eigenvalue weighted by molar-refractivity contribution is 7.49. The highest BCUT2D eigenvalue weighted by atomic mass is 31.2. The minimum Gasteiger partial charge on any atom is -0.417 e. The molecule has 20 heavy (non-hydrogen) atoms. The Hall–Kier alpha value is -2.12. The summed E-state index contributed by atoms with van der Waals surface area (Å²) in [7, 11) is -4.48. The van der Waals surface area contributed by atoms with Gasteiger partial charge in [-0.2, -0.15) is 8.78 Å². The lowest BCUT2D eigenvalue weighted by Gasteiger charge is -2.12. The smallest absolute Gasteiger partial charge is 0.417 e. The van der Waals surface area contributed by atoms with Gasteiger partial charge in [0.05, 0.1) is 5.39 Å². The molecule has 5 bridgehead atoms. The molecule has 1 atom stereocenters. The van der Waals surface area contributed by atoms with E-state index in [2.05, 4.69) is 9.56 Å². The maximum Gasteiger partial charge on any atom is 0.625 e. The summed E-state index contributed by atoms with van der Waals surface area (Å²) in [6.07, 6.45) is 0. The first-order chi connectivity index (χ1) is 9.41. The van der Waals surface area contributed by atoms with Gasteiger partial charge in [0.2, 0.25) is 23.1 Å². The first-order valence-corrected chi connectivity index (χ1v) is 6.71. The van der Waals surface area contributed by atoms with Gasteiger partial charge >= 0.3 is 13.4 Å². The number of hydrogen-bond acceptors (Lipinski definition) is 7. The molecule has 0 aliphatic carbocycles. The second kappa shape index (κ2) is 3.31. The highest BCUT2D eigenvalue weighted by Gasteiger charge is 2.46. The van der Waals surface area contributed by atoms with Gasteiger partial charge in [-0.25, -0.2) is 9.36 Å². The maximum atomic E-state index is 14.1. The molecule has 0 spiro atoms. The van der Waals surface area contributed by atoms with Gasteiger partial charge in [0.25, 0.3) is 0 Å². The van der Waals surface area contributed by atoms with Gasteiger partial charge in [0.15, 0.2) is 11.3 Å². The number of hydrogen-bond donors (Lipinski definition) is 0. The molecule has 4 rings (SSSR count). The van der Waals surface area contributed by atoms with Gasteiger partial charge < -0.3 is 18.4 Å². The van der Waals surface area contributed by atoms with Crippen LogP contribution in [0, 0.1) is 18.6 Å². The number of aryl methyl sites for hydroxylation is 1. The second-order valence-corrected chi connectivity index (χ2v) is 5.53. The third kappa shape index (κ3) is 1.21. The van der Waals surface area contributed by atoms with Crippen molar-refractivity contribution < 1.29 is 36.4 Å². The summed E-state index contributed by atoms with van der Waals surface area (Å²) in [4.78, 5) is 16.0. The van der Waals surface area contributed by atoms with Gasteiger partial charge in [-0.3, -0.25) is 0 Å². The van der Waals surface area contributed by atoms with Crippen LogP contribution >= 0.6 is 7.82 Å². The van der Waals surface area contributed by atoms with E-state index in [4.69, 9.17) is 13.5 Å². The van der Waals surface area contributed by atoms with Crippen LogP contribution in [0.1, 0.15) is 5.56 Å². The highest BCUT2D eigenvalue weighted by Crippen LogP contribution is 2.59. The summed E-state index contributed by atoms with van der Waals surface area (Å²) in [6.45, 7) is 1.35. The lowest BCUT2D eigenvalue weighted by Crippen LogP contribution is -2.12. The predicted octanol–water partition coefficient (Wildman–Crippen LogP) is 2.58. The van der Waals surface area contributed by atoms with Crippen molar-refractivity contribution in [1.29, 1.82) is 0 Å². The zero-order chi connectivity index (χ0) is 14.2. The Morgan fingerprint density at radius 1 is 1.05 bits per heavy atom. The van der Waals surface area contributed by atoms with Crippen LogP contribution < -0.4 is 19.6 Å². The van der Waals surface area contributed by atoms with Gasteiger partial charge in [-0.05, 0) is 6.92 Å². The zero-order valence-electron chi connectivity index (χ0n) is 9.56. The van der Waals surface area contributed by atoms with E-state index < -0.39 is 47.9 Å². The number of phosphoric acid groups is 1. The van der Waals surface area contributed by atoms with E-state index >= 15 is 0 Å². The molecule has 104 valence electrons. The monoisotopic (exact) mass is 304 g/mol. The lowest BCUT2D eigenvalue weighted by atomic mass is 10.1. The van der Waals surface area contributed by atoms with Crippen LogP contribution in [0.25, 0.3) is 11.0 Å². The molecule has 0 saturated heterocycles. The van der Waals surface area contributed by atoms with Gasteiger partial charge in [0, 0.05) is 5.56 Å². The van der Waals surface area contributed by atoms with E-state index in [1.165, 1.54) is 6.92 Å². The molecule has 0 radical (unpaired) electrons. The number of benzene rings is 1. The van der Waals surface area contributed by atoms with Crippen molar-refractivity contribution in [2.45, 2.75) is 6.92 Å². The zero-order valence-corrected chi connectivity index (χ0v) is 10.5. The Morgan fingerprint density at radius 2 is 1.75 bits per heavy atom. The number of halogens is 2. The molecular weight excluding hydrogens is 301 g/mol. The average Bonchev–Trinajstić information content (AvgIpc) is 2.53. The largest absolute Gasteiger partial charge is 0.625 e. The van der Waals surface area contributed by atoms with Crippen LogP contribution in [0.3, 0.4) is 0 Å². The van der Waals surface area contributed by atoms with E-state index in [1.807, 2.05) is 0 Å². The fourth-order valence-electron chi connectivity index (χ4n) is 2.09. The molecule has 2 aliphatic rings. The number of fused-ring (bicyclic) bond motifs is 3. The summed E-state index contributed by atoms with van der Waals surface area (Å²) in [6, 6.07) is 0. The Kier molecular flexibility index (Phi) is 1.93. The molecule has 10 heteroatoms. The van der Waals surface area contributed by atoms with Crippen LogP contribution in [0.15, 0.2) is 9.21 Å². The van der Waals surface area contributed by atoms with Gasteiger partial charge in [-0.1, -0.05) is 4.67 Å². The average molecular weight is 304 g/mol. The van der Waals surface area contributed by atoms with Crippen LogP contribution in [0.4, 0.5) is 8.78 Å². The van der Waals surface area contributed by atoms with Gasteiger partial charge in [0.1, 0.15) is 0 Å². The van der Waals surface area contributed by atoms with Crippen LogP contribution in [-0.2, 0) is 9.24 Å². The second-order valence-electron chi connectivity index (χ2n) is 4.12. The molecule has 1 aromatic carbocycles. The van der Waals surface area contributed by atoms with Crippen LogP contribution in [0.5, 0.6) is 17.2 Å². The lowest BCUT2D eigenvalue weighted by molar-refractivity contribution is -0.120. The standard InChI is InChI=1S/C10H3F2O7P/c1-2-3-7-4(11)9-5(12)8(3)18-20(14,19-16-9)17-6(2)10(13)15-7/h1H3. The summed E-state index contributed by atoms with van der Waals surface area (Å²) in [5.74, 6) is -4.71. The third-order valence-electron chi connectivity index (χ3n) is 2.97. The van der Waals surface area contributed by atoms with E-state index in [0.717, 1.165) is 0 Å². The molecule has 7 nitrogen and oxygen atoms in total. The van der Waals surface area contributed by atoms with Crippen molar-refractivity contribution in [2.75, 3.05) is 0 Å². The van der Waals surface area contributed by atoms with Crippen molar-refractivity contribution in [3.05, 3.63) is 27.6 Å². The van der Waals surface area contributed by atoms with Crippen molar-refractivity contribution in [1.82, 2.24) is 0 Å². The topological polar surface area (TPSA) is 84.2 Å². The number of phosphoric ester groups is 1. The van der Waals surface area contributed by atoms with Crippen LogP contribution in [-0.4, -0.2) is 0 Å². The minimum atomic E-state index is -4.48. The fraction of sp³-hybridized carbons (Fsp3) is 0.100. The SMILES string of the molecule is Cc1c2c(=O)oc3c(F)c4c(F)c(c13)OP(=O)(OO4)O2. The number of rotatable bonds is 0. The fourth-order valence-corrected chi connectivity index (χ4v) is 3.18. The summed E-state index contributed by atoms with van der Waals surface area (Å²) >= 11 is 0. The molecule has 0 N–H and O–H groups in total. The first-order valence-electron chi connectivity index (χ1n) is 5.25. The van der Waals surface area contributed by atoms with Gasteiger partial charge in [-0.15, -0.1) is 0 Å². The van der Waals surface area contributed by atoms with E-state index in [-0.39, 0.29) is 10.9 Å². The molecule has 1 aromatic heterocycles. The van der Waals surface area contributed by atoms with Crippen molar-refractivity contribution in [2.24, 2.45) is 0 Å². The molecular formula is C10H3F2O7P. The maximum absolute atomic E-state index is 14.1. The Balaban J connectivity index is 2.37. The van der Waals surface area contributed by atoms with E-state index in [1.54, 1.807) is 0 Å². The predicted molar refractivity (Wildman–Crippen MR) is 57.7 cm³/mol. The molecule has 2 aliphatic heterocycles. The minimum absolute atomic E-state index is 0.0267. The molecule has 0 amide bonds. The molecule has 0 saturated carbocycles. The van der Waals surface area contributed by atoms with Crippen LogP contribution in [0.2, 0.25) is 0 Å². The molecule has 3 heterocycles. The quantitative estimate of drug-likeness (QED) is 0.420. The van der Waals surface area contributed by atoms with E-state index in [0.29, 0.717) is 0 Å². The first kappa shape index (κ1) is 11.7. The Bertz CT molecular complexity index is 903. The molecule has 1 unspecified atom stereocenters. The van der Waals surface area contributed by atoms with Crippen molar-refractivity contribution >= 4 is 18.8 Å². The summed E-state index contributed by atoms with van der Waals surface area (Å²) in [5.41, 5.74) is -1.65. The van der Waals surface area contributed by atoms with Crippen molar-refractivity contribution in [3.63, 3.8) is 0 Å². The normalized spacial score (nSPS) is 22.4. The van der Waals surface area contributed by atoms with E-state index in [9.17, 15) is 18.1 Å². The van der Waals surface area contributed by atoms with Crippen molar-refractivity contribution in [3.8, 4) is 17.2 Å². The summed E-state index contributed by atoms with van der Waals surface area (Å²) in [5, 5.41) is -0.204. The Morgan fingerprint density at radius 3 is 2.50 bits per heavy atom. The molecule has 0 fully saturated rings.